The van der Waals surface area contributed by atoms with Crippen LogP contribution in [0.15, 0.2) is 54.6 Å². The summed E-state index contributed by atoms with van der Waals surface area (Å²) in [5, 5.41) is 0. The van der Waals surface area contributed by atoms with E-state index in [0.29, 0.717) is 6.04 Å². The van der Waals surface area contributed by atoms with Crippen molar-refractivity contribution >= 4 is 24.8 Å². The summed E-state index contributed by atoms with van der Waals surface area (Å²) >= 11 is 0. The van der Waals surface area contributed by atoms with E-state index in [1.165, 1.54) is 16.7 Å². The lowest BCUT2D eigenvalue weighted by molar-refractivity contribution is 0.127. The molecule has 0 bridgehead atoms. The van der Waals surface area contributed by atoms with Gasteiger partial charge in [-0.1, -0.05) is 54.6 Å². The van der Waals surface area contributed by atoms with Crippen molar-refractivity contribution in [1.82, 2.24) is 9.80 Å². The number of hydrogen-bond donors (Lipinski definition) is 0. The Morgan fingerprint density at radius 2 is 1.35 bits per heavy atom. The van der Waals surface area contributed by atoms with E-state index in [1.807, 2.05) is 0 Å². The number of piperazine rings is 1. The quantitative estimate of drug-likeness (QED) is 0.817. The fraction of sp³-hybridized carbons (Fsp3) is 0.368. The van der Waals surface area contributed by atoms with Crippen molar-refractivity contribution in [3.63, 3.8) is 0 Å². The molecule has 23 heavy (non-hydrogen) atoms. The second-order valence-electron chi connectivity index (χ2n) is 6.01. The summed E-state index contributed by atoms with van der Waals surface area (Å²) < 4.78 is 0. The lowest BCUT2D eigenvalue weighted by Crippen LogP contribution is -2.46. The molecule has 1 aliphatic heterocycles. The van der Waals surface area contributed by atoms with Gasteiger partial charge in [0, 0.05) is 26.2 Å². The van der Waals surface area contributed by atoms with E-state index in [-0.39, 0.29) is 24.8 Å². The molecule has 1 heterocycles. The summed E-state index contributed by atoms with van der Waals surface area (Å²) in [7, 11) is 2.21. The number of nitrogens with zero attached hydrogens (tertiary/aromatic N) is 2. The minimum Gasteiger partial charge on any atom is -0.304 e. The van der Waals surface area contributed by atoms with Crippen molar-refractivity contribution < 1.29 is 0 Å². The van der Waals surface area contributed by atoms with Gasteiger partial charge in [-0.2, -0.15) is 0 Å². The zero-order chi connectivity index (χ0) is 14.7. The van der Waals surface area contributed by atoms with Crippen LogP contribution in [-0.2, 0) is 0 Å². The first kappa shape index (κ1) is 20.0. The van der Waals surface area contributed by atoms with Gasteiger partial charge in [-0.3, -0.25) is 4.90 Å². The van der Waals surface area contributed by atoms with Crippen LogP contribution >= 0.6 is 24.8 Å². The first-order valence-corrected chi connectivity index (χ1v) is 7.79. The van der Waals surface area contributed by atoms with Crippen LogP contribution in [0.3, 0.4) is 0 Å². The normalized spacial score (nSPS) is 17.0. The first-order chi connectivity index (χ1) is 10.3. The standard InChI is InChI=1S/C19H24N2.2ClH/c1-16-8-6-7-11-18(16)19(17-9-4-3-5-10-17)21-14-12-20(2)13-15-21;;/h3-11,19H,12-15H2,1-2H3;2*1H. The molecule has 0 saturated carbocycles. The zero-order valence-corrected chi connectivity index (χ0v) is 15.4. The molecule has 2 aromatic carbocycles. The third-order valence-electron chi connectivity index (χ3n) is 4.50. The predicted octanol–water partition coefficient (Wildman–Crippen LogP) is 4.18. The molecule has 1 unspecified atom stereocenters. The molecule has 1 atom stereocenters. The molecule has 2 aromatic rings. The van der Waals surface area contributed by atoms with Crippen molar-refractivity contribution in [3.8, 4) is 0 Å². The summed E-state index contributed by atoms with van der Waals surface area (Å²) in [6.07, 6.45) is 0. The fourth-order valence-corrected chi connectivity index (χ4v) is 3.20. The van der Waals surface area contributed by atoms with Crippen LogP contribution < -0.4 is 0 Å². The van der Waals surface area contributed by atoms with Crippen molar-refractivity contribution in [2.24, 2.45) is 0 Å². The Balaban J connectivity index is 0.00000132. The largest absolute Gasteiger partial charge is 0.304 e. The van der Waals surface area contributed by atoms with Gasteiger partial charge in [0.15, 0.2) is 0 Å². The number of hydrogen-bond acceptors (Lipinski definition) is 2. The summed E-state index contributed by atoms with van der Waals surface area (Å²) in [4.78, 5) is 5.04. The molecule has 1 aliphatic rings. The summed E-state index contributed by atoms with van der Waals surface area (Å²) in [6.45, 7) is 6.78. The number of benzene rings is 2. The molecule has 3 rings (SSSR count). The van der Waals surface area contributed by atoms with Gasteiger partial charge >= 0.3 is 0 Å². The van der Waals surface area contributed by atoms with E-state index in [9.17, 15) is 0 Å². The molecule has 0 aliphatic carbocycles. The number of halogens is 2. The monoisotopic (exact) mass is 352 g/mol. The molecule has 0 N–H and O–H groups in total. The topological polar surface area (TPSA) is 6.48 Å². The van der Waals surface area contributed by atoms with Crippen LogP contribution in [0.1, 0.15) is 22.7 Å². The summed E-state index contributed by atoms with van der Waals surface area (Å²) in [5.41, 5.74) is 4.22. The second-order valence-corrected chi connectivity index (χ2v) is 6.01. The van der Waals surface area contributed by atoms with Gasteiger partial charge in [-0.25, -0.2) is 0 Å². The van der Waals surface area contributed by atoms with Gasteiger partial charge in [0.05, 0.1) is 6.04 Å². The molecule has 0 radical (unpaired) electrons. The van der Waals surface area contributed by atoms with Gasteiger partial charge in [-0.05, 0) is 30.7 Å². The van der Waals surface area contributed by atoms with Gasteiger partial charge in [0.1, 0.15) is 0 Å². The third kappa shape index (κ3) is 4.71. The molecule has 0 spiro atoms. The van der Waals surface area contributed by atoms with Crippen LogP contribution in [0.4, 0.5) is 0 Å². The molecular formula is C19H26Cl2N2. The second kappa shape index (κ2) is 9.29. The Morgan fingerprint density at radius 3 is 1.96 bits per heavy atom. The summed E-state index contributed by atoms with van der Waals surface area (Å²) in [6, 6.07) is 20.1. The third-order valence-corrected chi connectivity index (χ3v) is 4.50. The molecule has 2 nitrogen and oxygen atoms in total. The maximum absolute atomic E-state index is 2.62. The molecule has 126 valence electrons. The van der Waals surface area contributed by atoms with Crippen LogP contribution in [0.5, 0.6) is 0 Å². The smallest absolute Gasteiger partial charge is 0.0605 e. The Bertz CT molecular complexity index is 581. The minimum absolute atomic E-state index is 0. The van der Waals surface area contributed by atoms with Crippen molar-refractivity contribution in [2.75, 3.05) is 33.2 Å². The molecular weight excluding hydrogens is 327 g/mol. The van der Waals surface area contributed by atoms with Gasteiger partial charge in [0.2, 0.25) is 0 Å². The van der Waals surface area contributed by atoms with Gasteiger partial charge in [0.25, 0.3) is 0 Å². The Labute approximate surface area is 152 Å². The van der Waals surface area contributed by atoms with E-state index in [2.05, 4.69) is 78.4 Å². The Kier molecular flexibility index (Phi) is 8.07. The molecule has 4 heteroatoms. The predicted molar refractivity (Wildman–Crippen MR) is 103 cm³/mol. The van der Waals surface area contributed by atoms with Crippen LogP contribution in [0.25, 0.3) is 0 Å². The fourth-order valence-electron chi connectivity index (χ4n) is 3.20. The van der Waals surface area contributed by atoms with E-state index < -0.39 is 0 Å². The SMILES string of the molecule is Cc1ccccc1C(c1ccccc1)N1CCN(C)CC1.Cl.Cl. The molecule has 1 saturated heterocycles. The first-order valence-electron chi connectivity index (χ1n) is 7.79. The number of likely N-dealkylation sites (N-methyl/N-ethyl adjacent to an activating group) is 1. The highest BCUT2D eigenvalue weighted by atomic mass is 35.5. The van der Waals surface area contributed by atoms with Gasteiger partial charge < -0.3 is 4.90 Å². The highest BCUT2D eigenvalue weighted by Crippen LogP contribution is 2.31. The Morgan fingerprint density at radius 1 is 0.783 bits per heavy atom. The molecule has 1 fully saturated rings. The van der Waals surface area contributed by atoms with Crippen molar-refractivity contribution in [3.05, 3.63) is 71.3 Å². The lowest BCUT2D eigenvalue weighted by atomic mass is 9.93. The maximum Gasteiger partial charge on any atom is 0.0605 e. The van der Waals surface area contributed by atoms with E-state index in [4.69, 9.17) is 0 Å². The number of aryl methyl sites for hydroxylation is 1. The molecule has 0 amide bonds. The van der Waals surface area contributed by atoms with E-state index in [0.717, 1.165) is 26.2 Å². The minimum atomic E-state index is 0. The van der Waals surface area contributed by atoms with Gasteiger partial charge in [-0.15, -0.1) is 24.8 Å². The highest BCUT2D eigenvalue weighted by molar-refractivity contribution is 5.85. The number of rotatable bonds is 3. The Hall–Kier alpha value is -1.06. The average Bonchev–Trinajstić information content (AvgIpc) is 2.52. The van der Waals surface area contributed by atoms with Crippen LogP contribution in [0.2, 0.25) is 0 Å². The van der Waals surface area contributed by atoms with E-state index in [1.54, 1.807) is 0 Å². The lowest BCUT2D eigenvalue weighted by Gasteiger charge is -2.39. The zero-order valence-electron chi connectivity index (χ0n) is 13.8. The van der Waals surface area contributed by atoms with Crippen LogP contribution in [0, 0.1) is 6.92 Å². The van der Waals surface area contributed by atoms with Crippen molar-refractivity contribution in [2.45, 2.75) is 13.0 Å². The molecule has 0 aromatic heterocycles. The van der Waals surface area contributed by atoms with Crippen LogP contribution in [-0.4, -0.2) is 43.0 Å². The highest BCUT2D eigenvalue weighted by Gasteiger charge is 2.25. The van der Waals surface area contributed by atoms with E-state index >= 15 is 0 Å². The maximum atomic E-state index is 2.62. The van der Waals surface area contributed by atoms with Crippen molar-refractivity contribution in [1.29, 1.82) is 0 Å². The summed E-state index contributed by atoms with van der Waals surface area (Å²) in [5.74, 6) is 0. The average molecular weight is 353 g/mol.